The maximum Gasteiger partial charge on any atom is 0.267 e. The van der Waals surface area contributed by atoms with Gasteiger partial charge in [-0.25, -0.2) is 0 Å². The zero-order valence-corrected chi connectivity index (χ0v) is 11.3. The van der Waals surface area contributed by atoms with E-state index in [1.807, 2.05) is 36.6 Å². The first kappa shape index (κ1) is 14.6. The standard InChI is InChI=1S/C13H18N2O2S/c1-9(15-13(17)11(14)8-18-2)12(16)10-6-4-3-5-7-10/h3-9,12,16H,14H2,1-2H3,(H,15,17)/b11-8-/t9-,12?/m1/s1. The predicted molar refractivity (Wildman–Crippen MR) is 74.8 cm³/mol. The van der Waals surface area contributed by atoms with Gasteiger partial charge >= 0.3 is 0 Å². The summed E-state index contributed by atoms with van der Waals surface area (Å²) in [4.78, 5) is 11.7. The van der Waals surface area contributed by atoms with Crippen LogP contribution in [0, 0.1) is 0 Å². The van der Waals surface area contributed by atoms with Crippen LogP contribution in [0.1, 0.15) is 18.6 Å². The Hall–Kier alpha value is -1.46. The first-order valence-electron chi connectivity index (χ1n) is 5.58. The maximum absolute atomic E-state index is 11.7. The quantitative estimate of drug-likeness (QED) is 0.704. The molecule has 0 bridgehead atoms. The van der Waals surface area contributed by atoms with E-state index in [0.29, 0.717) is 0 Å². The molecule has 0 fully saturated rings. The highest BCUT2D eigenvalue weighted by Crippen LogP contribution is 2.16. The molecule has 0 spiro atoms. The molecule has 0 saturated carbocycles. The van der Waals surface area contributed by atoms with Crippen LogP contribution in [0.5, 0.6) is 0 Å². The molecule has 0 aromatic heterocycles. The normalized spacial score (nSPS) is 14.9. The van der Waals surface area contributed by atoms with Crippen LogP contribution in [0.4, 0.5) is 0 Å². The molecule has 0 aliphatic heterocycles. The van der Waals surface area contributed by atoms with Crippen molar-refractivity contribution in [2.45, 2.75) is 19.1 Å². The molecule has 4 nitrogen and oxygen atoms in total. The van der Waals surface area contributed by atoms with Gasteiger partial charge in [-0.05, 0) is 24.2 Å². The molecular formula is C13H18N2O2S. The molecule has 5 heteroatoms. The Bertz CT molecular complexity index is 420. The Balaban J connectivity index is 2.63. The van der Waals surface area contributed by atoms with Crippen LogP contribution in [0.25, 0.3) is 0 Å². The number of benzene rings is 1. The molecule has 1 unspecified atom stereocenters. The third-order valence-electron chi connectivity index (χ3n) is 2.48. The van der Waals surface area contributed by atoms with Crippen molar-refractivity contribution >= 4 is 17.7 Å². The Morgan fingerprint density at radius 2 is 2.06 bits per heavy atom. The van der Waals surface area contributed by atoms with Crippen LogP contribution < -0.4 is 11.1 Å². The lowest BCUT2D eigenvalue weighted by molar-refractivity contribution is -0.118. The molecule has 1 rings (SSSR count). The van der Waals surface area contributed by atoms with Crippen molar-refractivity contribution in [3.8, 4) is 0 Å². The molecular weight excluding hydrogens is 248 g/mol. The van der Waals surface area contributed by atoms with E-state index in [0.717, 1.165) is 5.56 Å². The fraction of sp³-hybridized carbons (Fsp3) is 0.308. The van der Waals surface area contributed by atoms with E-state index in [-0.39, 0.29) is 11.6 Å². The summed E-state index contributed by atoms with van der Waals surface area (Å²) in [5.41, 5.74) is 6.47. The van der Waals surface area contributed by atoms with Gasteiger partial charge in [-0.3, -0.25) is 4.79 Å². The highest BCUT2D eigenvalue weighted by molar-refractivity contribution is 8.01. The van der Waals surface area contributed by atoms with Gasteiger partial charge in [0.15, 0.2) is 0 Å². The molecule has 0 aliphatic rings. The Labute approximate surface area is 111 Å². The van der Waals surface area contributed by atoms with Gasteiger partial charge in [0.25, 0.3) is 5.91 Å². The van der Waals surface area contributed by atoms with E-state index in [4.69, 9.17) is 5.73 Å². The van der Waals surface area contributed by atoms with Gasteiger partial charge in [0.1, 0.15) is 5.70 Å². The molecule has 2 atom stereocenters. The van der Waals surface area contributed by atoms with Gasteiger partial charge in [-0.15, -0.1) is 11.8 Å². The largest absolute Gasteiger partial charge is 0.394 e. The molecule has 98 valence electrons. The van der Waals surface area contributed by atoms with Crippen LogP contribution in [0.2, 0.25) is 0 Å². The molecule has 1 amide bonds. The number of nitrogens with two attached hydrogens (primary N) is 1. The van der Waals surface area contributed by atoms with E-state index in [1.165, 1.54) is 11.8 Å². The summed E-state index contributed by atoms with van der Waals surface area (Å²) in [7, 11) is 0. The van der Waals surface area contributed by atoms with Crippen molar-refractivity contribution in [2.75, 3.05) is 6.26 Å². The number of aliphatic hydroxyl groups excluding tert-OH is 1. The van der Waals surface area contributed by atoms with Crippen LogP contribution in [0.15, 0.2) is 41.4 Å². The van der Waals surface area contributed by atoms with Gasteiger partial charge in [0.05, 0.1) is 12.1 Å². The minimum atomic E-state index is -0.753. The number of carbonyl (C=O) groups is 1. The summed E-state index contributed by atoms with van der Waals surface area (Å²) in [6.45, 7) is 1.74. The smallest absolute Gasteiger partial charge is 0.267 e. The van der Waals surface area contributed by atoms with Crippen LogP contribution in [-0.2, 0) is 4.79 Å². The van der Waals surface area contributed by atoms with Gasteiger partial charge < -0.3 is 16.2 Å². The summed E-state index contributed by atoms with van der Waals surface area (Å²) in [5.74, 6) is -0.369. The second-order valence-corrected chi connectivity index (χ2v) is 4.63. The zero-order chi connectivity index (χ0) is 13.5. The van der Waals surface area contributed by atoms with Crippen molar-refractivity contribution < 1.29 is 9.90 Å². The fourth-order valence-corrected chi connectivity index (χ4v) is 1.85. The SMILES string of the molecule is CS/C=C(\N)C(=O)N[C@H](C)C(O)c1ccccc1. The van der Waals surface area contributed by atoms with Crippen LogP contribution in [0.3, 0.4) is 0 Å². The summed E-state index contributed by atoms with van der Waals surface area (Å²) in [6.07, 6.45) is 1.07. The van der Waals surface area contributed by atoms with Crippen molar-refractivity contribution in [3.63, 3.8) is 0 Å². The third-order valence-corrected chi connectivity index (χ3v) is 2.97. The lowest BCUT2D eigenvalue weighted by Crippen LogP contribution is -2.39. The van der Waals surface area contributed by atoms with E-state index in [2.05, 4.69) is 5.32 Å². The number of rotatable bonds is 5. The first-order chi connectivity index (χ1) is 8.56. The number of nitrogens with one attached hydrogen (secondary N) is 1. The minimum Gasteiger partial charge on any atom is -0.394 e. The van der Waals surface area contributed by atoms with Crippen molar-refractivity contribution in [1.82, 2.24) is 5.32 Å². The highest BCUT2D eigenvalue weighted by Gasteiger charge is 2.18. The van der Waals surface area contributed by atoms with Gasteiger partial charge in [-0.2, -0.15) is 0 Å². The van der Waals surface area contributed by atoms with Gasteiger partial charge in [0.2, 0.25) is 0 Å². The van der Waals surface area contributed by atoms with E-state index >= 15 is 0 Å². The molecule has 4 N–H and O–H groups in total. The monoisotopic (exact) mass is 266 g/mol. The molecule has 0 heterocycles. The number of hydrogen-bond donors (Lipinski definition) is 3. The van der Waals surface area contributed by atoms with E-state index in [9.17, 15) is 9.90 Å². The predicted octanol–water partition coefficient (Wildman–Crippen LogP) is 1.39. The molecule has 18 heavy (non-hydrogen) atoms. The third kappa shape index (κ3) is 4.09. The van der Waals surface area contributed by atoms with Gasteiger partial charge in [-0.1, -0.05) is 30.3 Å². The second kappa shape index (κ2) is 7.08. The van der Waals surface area contributed by atoms with E-state index < -0.39 is 12.1 Å². The van der Waals surface area contributed by atoms with E-state index in [1.54, 1.807) is 12.3 Å². The van der Waals surface area contributed by atoms with Crippen molar-refractivity contribution in [1.29, 1.82) is 0 Å². The van der Waals surface area contributed by atoms with Gasteiger partial charge in [0, 0.05) is 0 Å². The second-order valence-electron chi connectivity index (χ2n) is 3.93. The van der Waals surface area contributed by atoms with Crippen molar-refractivity contribution in [3.05, 3.63) is 47.0 Å². The summed E-state index contributed by atoms with van der Waals surface area (Å²) >= 11 is 1.36. The number of aliphatic hydroxyl groups is 1. The maximum atomic E-state index is 11.7. The summed E-state index contributed by atoms with van der Waals surface area (Å²) < 4.78 is 0. The molecule has 1 aromatic rings. The summed E-state index contributed by atoms with van der Waals surface area (Å²) in [5, 5.41) is 14.3. The molecule has 0 aliphatic carbocycles. The highest BCUT2D eigenvalue weighted by atomic mass is 32.2. The first-order valence-corrected chi connectivity index (χ1v) is 6.87. The molecule has 0 radical (unpaired) electrons. The van der Waals surface area contributed by atoms with Crippen molar-refractivity contribution in [2.24, 2.45) is 5.73 Å². The molecule has 0 saturated heterocycles. The molecule has 1 aromatic carbocycles. The topological polar surface area (TPSA) is 75.4 Å². The number of carbonyl (C=O) groups excluding carboxylic acids is 1. The number of thioether (sulfide) groups is 1. The number of hydrogen-bond acceptors (Lipinski definition) is 4. The van der Waals surface area contributed by atoms with Crippen LogP contribution in [-0.4, -0.2) is 23.3 Å². The average Bonchev–Trinajstić information content (AvgIpc) is 2.39. The Kier molecular flexibility index (Phi) is 5.74. The fourth-order valence-electron chi connectivity index (χ4n) is 1.49. The zero-order valence-electron chi connectivity index (χ0n) is 10.5. The minimum absolute atomic E-state index is 0.148. The number of amides is 1. The summed E-state index contributed by atoms with van der Waals surface area (Å²) in [6, 6.07) is 8.78. The average molecular weight is 266 g/mol. The Morgan fingerprint density at radius 3 is 2.61 bits per heavy atom. The van der Waals surface area contributed by atoms with Crippen LogP contribution >= 0.6 is 11.8 Å². The lowest BCUT2D eigenvalue weighted by atomic mass is 10.0. The Morgan fingerprint density at radius 1 is 1.44 bits per heavy atom. The lowest BCUT2D eigenvalue weighted by Gasteiger charge is -2.20.